The first-order valence-corrected chi connectivity index (χ1v) is 6.63. The van der Waals surface area contributed by atoms with Crippen LogP contribution in [0.2, 0.25) is 0 Å². The van der Waals surface area contributed by atoms with Crippen molar-refractivity contribution in [3.8, 4) is 5.88 Å². The molecule has 2 nitrogen and oxygen atoms in total. The third-order valence-corrected chi connectivity index (χ3v) is 3.88. The van der Waals surface area contributed by atoms with Crippen molar-refractivity contribution in [1.82, 2.24) is 4.98 Å². The van der Waals surface area contributed by atoms with E-state index in [1.54, 1.807) is 0 Å². The summed E-state index contributed by atoms with van der Waals surface area (Å²) >= 11 is 0. The van der Waals surface area contributed by atoms with Gasteiger partial charge in [-0.05, 0) is 63.3 Å². The molecule has 2 heterocycles. The molecule has 0 bridgehead atoms. The lowest BCUT2D eigenvalue weighted by molar-refractivity contribution is 0.184. The number of hydrogen-bond donors (Lipinski definition) is 0. The number of pyridine rings is 1. The van der Waals surface area contributed by atoms with E-state index in [0.717, 1.165) is 24.2 Å². The molecule has 94 valence electrons. The Bertz CT molecular complexity index is 631. The number of ether oxygens (including phenoxy) is 1. The molecule has 1 aliphatic rings. The van der Waals surface area contributed by atoms with Crippen LogP contribution >= 0.6 is 0 Å². The zero-order valence-electron chi connectivity index (χ0n) is 11.5. The predicted molar refractivity (Wildman–Crippen MR) is 74.4 cm³/mol. The molecule has 0 aliphatic carbocycles. The van der Waals surface area contributed by atoms with Gasteiger partial charge in [0.1, 0.15) is 0 Å². The maximum absolute atomic E-state index is 5.89. The first kappa shape index (κ1) is 11.5. The van der Waals surface area contributed by atoms with Gasteiger partial charge in [0.2, 0.25) is 5.88 Å². The second kappa shape index (κ2) is 3.98. The molecule has 0 spiro atoms. The summed E-state index contributed by atoms with van der Waals surface area (Å²) in [5, 5.41) is 1.30. The number of rotatable bonds is 0. The van der Waals surface area contributed by atoms with Crippen molar-refractivity contribution in [2.24, 2.45) is 0 Å². The Morgan fingerprint density at radius 3 is 2.78 bits per heavy atom. The van der Waals surface area contributed by atoms with E-state index in [-0.39, 0.29) is 6.10 Å². The molecule has 3 rings (SSSR count). The van der Waals surface area contributed by atoms with Gasteiger partial charge in [0.15, 0.2) is 0 Å². The summed E-state index contributed by atoms with van der Waals surface area (Å²) < 4.78 is 5.89. The molecule has 0 radical (unpaired) electrons. The summed E-state index contributed by atoms with van der Waals surface area (Å²) in [6.07, 6.45) is 2.46. The van der Waals surface area contributed by atoms with Crippen LogP contribution in [0, 0.1) is 20.8 Å². The number of fused-ring (bicyclic) bond motifs is 2. The summed E-state index contributed by atoms with van der Waals surface area (Å²) in [7, 11) is 0. The Labute approximate surface area is 108 Å². The van der Waals surface area contributed by atoms with E-state index in [1.165, 1.54) is 27.6 Å². The van der Waals surface area contributed by atoms with Gasteiger partial charge in [0, 0.05) is 10.9 Å². The van der Waals surface area contributed by atoms with Crippen molar-refractivity contribution in [2.75, 3.05) is 0 Å². The van der Waals surface area contributed by atoms with Crippen LogP contribution in [-0.4, -0.2) is 11.1 Å². The van der Waals surface area contributed by atoms with Crippen LogP contribution in [0.3, 0.4) is 0 Å². The lowest BCUT2D eigenvalue weighted by Gasteiger charge is -2.25. The van der Waals surface area contributed by atoms with E-state index in [1.807, 2.05) is 0 Å². The molecule has 2 heteroatoms. The molecule has 2 aromatic rings. The zero-order chi connectivity index (χ0) is 12.9. The molecule has 18 heavy (non-hydrogen) atoms. The highest BCUT2D eigenvalue weighted by atomic mass is 16.5. The number of benzene rings is 1. The van der Waals surface area contributed by atoms with Crippen LogP contribution < -0.4 is 4.74 Å². The highest BCUT2D eigenvalue weighted by Gasteiger charge is 2.21. The van der Waals surface area contributed by atoms with Crippen molar-refractivity contribution in [2.45, 2.75) is 46.6 Å². The average Bonchev–Trinajstić information content (AvgIpc) is 2.27. The highest BCUT2D eigenvalue weighted by Crippen LogP contribution is 2.34. The molecule has 0 unspecified atom stereocenters. The van der Waals surface area contributed by atoms with Gasteiger partial charge < -0.3 is 4.74 Å². The van der Waals surface area contributed by atoms with E-state index in [9.17, 15) is 0 Å². The van der Waals surface area contributed by atoms with Crippen LogP contribution in [-0.2, 0) is 6.42 Å². The van der Waals surface area contributed by atoms with Crippen LogP contribution in [0.15, 0.2) is 12.1 Å². The van der Waals surface area contributed by atoms with Crippen LogP contribution in [0.5, 0.6) is 5.88 Å². The van der Waals surface area contributed by atoms with Gasteiger partial charge in [0.05, 0.1) is 11.6 Å². The molecule has 0 amide bonds. The van der Waals surface area contributed by atoms with Gasteiger partial charge in [0.25, 0.3) is 0 Å². The fourth-order valence-corrected chi connectivity index (χ4v) is 3.00. The summed E-state index contributed by atoms with van der Waals surface area (Å²) in [6.45, 7) is 8.60. The quantitative estimate of drug-likeness (QED) is 0.698. The number of nitrogens with zero attached hydrogens (tertiary/aromatic N) is 1. The first-order chi connectivity index (χ1) is 8.56. The van der Waals surface area contributed by atoms with E-state index in [2.05, 4.69) is 39.8 Å². The molecule has 0 N–H and O–H groups in total. The fourth-order valence-electron chi connectivity index (χ4n) is 3.00. The lowest BCUT2D eigenvalue weighted by atomic mass is 9.94. The van der Waals surface area contributed by atoms with Crippen molar-refractivity contribution >= 4 is 10.9 Å². The van der Waals surface area contributed by atoms with E-state index in [4.69, 9.17) is 9.72 Å². The van der Waals surface area contributed by atoms with Gasteiger partial charge in [-0.1, -0.05) is 6.07 Å². The summed E-state index contributed by atoms with van der Waals surface area (Å²) in [4.78, 5) is 4.73. The third kappa shape index (κ3) is 1.67. The number of hydrogen-bond acceptors (Lipinski definition) is 2. The molecule has 1 aromatic heterocycles. The second-order valence-electron chi connectivity index (χ2n) is 5.46. The van der Waals surface area contributed by atoms with Crippen molar-refractivity contribution in [3.63, 3.8) is 0 Å². The molecule has 0 saturated carbocycles. The molecule has 0 saturated heterocycles. The Balaban J connectivity index is 2.34. The van der Waals surface area contributed by atoms with Crippen molar-refractivity contribution < 1.29 is 4.74 Å². The summed E-state index contributed by atoms with van der Waals surface area (Å²) in [5.74, 6) is 0.851. The zero-order valence-corrected chi connectivity index (χ0v) is 11.5. The van der Waals surface area contributed by atoms with Gasteiger partial charge in [-0.3, -0.25) is 0 Å². The van der Waals surface area contributed by atoms with Gasteiger partial charge >= 0.3 is 0 Å². The van der Waals surface area contributed by atoms with Crippen molar-refractivity contribution in [3.05, 3.63) is 34.4 Å². The number of aryl methyl sites for hydroxylation is 3. The van der Waals surface area contributed by atoms with Crippen molar-refractivity contribution in [1.29, 1.82) is 0 Å². The van der Waals surface area contributed by atoms with E-state index < -0.39 is 0 Å². The van der Waals surface area contributed by atoms with Crippen LogP contribution in [0.4, 0.5) is 0 Å². The molecular weight excluding hydrogens is 222 g/mol. The standard InChI is InChI=1S/C16H19NO/c1-9-7-10(2)15-12(4)13-6-5-11(3)18-16(13)17-14(15)8-9/h7-8,11H,5-6H2,1-4H3/t11-/m1/s1. The smallest absolute Gasteiger partial charge is 0.217 e. The third-order valence-electron chi connectivity index (χ3n) is 3.88. The minimum atomic E-state index is 0.285. The monoisotopic (exact) mass is 241 g/mol. The van der Waals surface area contributed by atoms with E-state index in [0.29, 0.717) is 0 Å². The van der Waals surface area contributed by atoms with Gasteiger partial charge in [-0.2, -0.15) is 0 Å². The molecule has 0 fully saturated rings. The minimum absolute atomic E-state index is 0.285. The normalized spacial score (nSPS) is 18.6. The SMILES string of the molecule is Cc1cc(C)c2c(C)c3c(nc2c1)O[C@H](C)CC3. The topological polar surface area (TPSA) is 22.1 Å². The Morgan fingerprint density at radius 2 is 2.00 bits per heavy atom. The fraction of sp³-hybridized carbons (Fsp3) is 0.438. The Hall–Kier alpha value is -1.57. The predicted octanol–water partition coefficient (Wildman–Crippen LogP) is 3.87. The largest absolute Gasteiger partial charge is 0.474 e. The summed E-state index contributed by atoms with van der Waals surface area (Å²) in [6, 6.07) is 4.38. The van der Waals surface area contributed by atoms with Gasteiger partial charge in [-0.15, -0.1) is 0 Å². The van der Waals surface area contributed by atoms with E-state index >= 15 is 0 Å². The minimum Gasteiger partial charge on any atom is -0.474 e. The molecule has 1 aliphatic heterocycles. The van der Waals surface area contributed by atoms with Crippen LogP contribution in [0.1, 0.15) is 35.6 Å². The Morgan fingerprint density at radius 1 is 1.22 bits per heavy atom. The molecule has 1 aromatic carbocycles. The van der Waals surface area contributed by atoms with Crippen LogP contribution in [0.25, 0.3) is 10.9 Å². The Kier molecular flexibility index (Phi) is 2.54. The summed E-state index contributed by atoms with van der Waals surface area (Å²) in [5.41, 5.74) is 6.29. The highest BCUT2D eigenvalue weighted by molar-refractivity contribution is 5.88. The number of aromatic nitrogens is 1. The molecule has 1 atom stereocenters. The first-order valence-electron chi connectivity index (χ1n) is 6.63. The molecular formula is C16H19NO. The second-order valence-corrected chi connectivity index (χ2v) is 5.46. The maximum atomic E-state index is 5.89. The van der Waals surface area contributed by atoms with Gasteiger partial charge in [-0.25, -0.2) is 4.98 Å². The lowest BCUT2D eigenvalue weighted by Crippen LogP contribution is -2.20. The average molecular weight is 241 g/mol. The maximum Gasteiger partial charge on any atom is 0.217 e.